The van der Waals surface area contributed by atoms with E-state index in [0.29, 0.717) is 0 Å². The molecule has 0 saturated heterocycles. The van der Waals surface area contributed by atoms with Crippen molar-refractivity contribution in [2.45, 2.75) is 31.8 Å². The highest BCUT2D eigenvalue weighted by Gasteiger charge is 2.24. The minimum absolute atomic E-state index is 0.431. The lowest BCUT2D eigenvalue weighted by Gasteiger charge is -2.12. The van der Waals surface area contributed by atoms with Gasteiger partial charge in [-0.2, -0.15) is 0 Å². The molecule has 1 aliphatic rings. The van der Waals surface area contributed by atoms with Crippen LogP contribution in [0.15, 0.2) is 0 Å². The van der Waals surface area contributed by atoms with Crippen LogP contribution in [0.4, 0.5) is 0 Å². The fourth-order valence-corrected chi connectivity index (χ4v) is 0.975. The third-order valence-electron chi connectivity index (χ3n) is 1.47. The Morgan fingerprint density at radius 2 is 2.43 bits per heavy atom. The van der Waals surface area contributed by atoms with Crippen molar-refractivity contribution in [3.8, 4) is 0 Å². The maximum atomic E-state index is 9.14. The molecule has 1 rings (SSSR count). The Labute approximate surface area is 44.4 Å². The van der Waals surface area contributed by atoms with Gasteiger partial charge in [-0.3, -0.25) is 0 Å². The summed E-state index contributed by atoms with van der Waals surface area (Å²) in [5.74, 6) is 0. The van der Waals surface area contributed by atoms with Gasteiger partial charge in [0.2, 0.25) is 0 Å². The Morgan fingerprint density at radius 1 is 1.71 bits per heavy atom. The Bertz CT molecular complexity index is 58.6. The summed E-state index contributed by atoms with van der Waals surface area (Å²) in [6.45, 7) is 1.86. The molecule has 7 heavy (non-hydrogen) atoms. The van der Waals surface area contributed by atoms with Gasteiger partial charge in [-0.15, -0.1) is 0 Å². The third kappa shape index (κ3) is 1.16. The second-order valence-corrected chi connectivity index (χ2v) is 2.45. The van der Waals surface area contributed by atoms with E-state index in [-0.39, 0.29) is 0 Å². The van der Waals surface area contributed by atoms with Gasteiger partial charge in [0.1, 0.15) is 0 Å². The first-order chi connectivity index (χ1) is 3.21. The van der Waals surface area contributed by atoms with E-state index in [0.717, 1.165) is 19.3 Å². The largest absolute Gasteiger partial charge is 0.390 e. The van der Waals surface area contributed by atoms with Crippen LogP contribution in [0, 0.1) is 6.42 Å². The lowest BCUT2D eigenvalue weighted by Crippen LogP contribution is -2.17. The number of rotatable bonds is 0. The maximum absolute atomic E-state index is 9.14. The summed E-state index contributed by atoms with van der Waals surface area (Å²) in [5.41, 5.74) is -0.431. The normalized spacial score (nSPS) is 28.3. The summed E-state index contributed by atoms with van der Waals surface area (Å²) in [5, 5.41) is 9.14. The van der Waals surface area contributed by atoms with Crippen LogP contribution >= 0.6 is 0 Å². The Balaban J connectivity index is 2.40. The molecule has 0 aromatic carbocycles. The van der Waals surface area contributed by atoms with Gasteiger partial charge in [0, 0.05) is 0 Å². The van der Waals surface area contributed by atoms with Crippen molar-refractivity contribution in [1.82, 2.24) is 0 Å². The van der Waals surface area contributed by atoms with Crippen molar-refractivity contribution in [3.05, 3.63) is 6.42 Å². The zero-order valence-corrected chi connectivity index (χ0v) is 4.65. The van der Waals surface area contributed by atoms with Crippen molar-refractivity contribution >= 4 is 0 Å². The fraction of sp³-hybridized carbons (Fsp3) is 0.833. The summed E-state index contributed by atoms with van der Waals surface area (Å²) in [7, 11) is 0. The van der Waals surface area contributed by atoms with Crippen molar-refractivity contribution in [1.29, 1.82) is 0 Å². The van der Waals surface area contributed by atoms with Crippen molar-refractivity contribution < 1.29 is 5.11 Å². The first-order valence-corrected chi connectivity index (χ1v) is 2.77. The Kier molecular flexibility index (Phi) is 1.08. The number of hydrogen-bond acceptors (Lipinski definition) is 1. The summed E-state index contributed by atoms with van der Waals surface area (Å²) in [6, 6.07) is 0. The van der Waals surface area contributed by atoms with E-state index in [1.807, 2.05) is 13.3 Å². The molecule has 1 radical (unpaired) electrons. The van der Waals surface area contributed by atoms with E-state index in [4.69, 9.17) is 5.11 Å². The summed E-state index contributed by atoms with van der Waals surface area (Å²) in [4.78, 5) is 0. The minimum Gasteiger partial charge on any atom is -0.390 e. The van der Waals surface area contributed by atoms with Gasteiger partial charge in [0.25, 0.3) is 0 Å². The van der Waals surface area contributed by atoms with Crippen LogP contribution in [0.3, 0.4) is 0 Å². The molecule has 1 nitrogen and oxygen atoms in total. The van der Waals surface area contributed by atoms with E-state index in [1.54, 1.807) is 0 Å². The molecule has 1 saturated carbocycles. The lowest BCUT2D eigenvalue weighted by atomic mass is 10.1. The first-order valence-electron chi connectivity index (χ1n) is 2.77. The Hall–Kier alpha value is -0.0400. The fourth-order valence-electron chi connectivity index (χ4n) is 0.975. The van der Waals surface area contributed by atoms with Gasteiger partial charge in [-0.1, -0.05) is 6.42 Å². The average Bonchev–Trinajstić information content (AvgIpc) is 1.84. The topological polar surface area (TPSA) is 20.2 Å². The molecule has 1 heteroatoms. The molecule has 0 heterocycles. The molecule has 0 aromatic rings. The molecular formula is C6H11O. The van der Waals surface area contributed by atoms with Gasteiger partial charge in [-0.25, -0.2) is 0 Å². The molecule has 0 bridgehead atoms. The molecule has 1 N–H and O–H groups in total. The lowest BCUT2D eigenvalue weighted by molar-refractivity contribution is 0.102. The van der Waals surface area contributed by atoms with Gasteiger partial charge in [0.15, 0.2) is 0 Å². The molecule has 0 aliphatic heterocycles. The molecule has 0 spiro atoms. The standard InChI is InChI=1S/C6H11O/c1-6(7)4-2-3-5-6/h4,7H,2-3,5H2,1H3. The van der Waals surface area contributed by atoms with Crippen LogP contribution in [0.25, 0.3) is 0 Å². The summed E-state index contributed by atoms with van der Waals surface area (Å²) < 4.78 is 0. The zero-order valence-electron chi connectivity index (χ0n) is 4.65. The second kappa shape index (κ2) is 1.48. The van der Waals surface area contributed by atoms with Gasteiger partial charge >= 0.3 is 0 Å². The van der Waals surface area contributed by atoms with Crippen molar-refractivity contribution in [2.75, 3.05) is 0 Å². The third-order valence-corrected chi connectivity index (χ3v) is 1.47. The highest BCUT2D eigenvalue weighted by atomic mass is 16.3. The highest BCUT2D eigenvalue weighted by Crippen LogP contribution is 2.26. The maximum Gasteiger partial charge on any atom is 0.0651 e. The van der Waals surface area contributed by atoms with Crippen LogP contribution in [-0.4, -0.2) is 10.7 Å². The molecule has 1 fully saturated rings. The summed E-state index contributed by atoms with van der Waals surface area (Å²) >= 11 is 0. The van der Waals surface area contributed by atoms with Gasteiger partial charge < -0.3 is 5.11 Å². The number of aliphatic hydroxyl groups is 1. The van der Waals surface area contributed by atoms with Crippen LogP contribution < -0.4 is 0 Å². The molecule has 1 atom stereocenters. The monoisotopic (exact) mass is 99.1 g/mol. The Morgan fingerprint density at radius 3 is 2.57 bits per heavy atom. The SMILES string of the molecule is CC1(O)[CH]CCC1. The summed E-state index contributed by atoms with van der Waals surface area (Å²) in [6.07, 6.45) is 5.18. The van der Waals surface area contributed by atoms with E-state index in [2.05, 4.69) is 0 Å². The van der Waals surface area contributed by atoms with E-state index in [1.165, 1.54) is 0 Å². The van der Waals surface area contributed by atoms with E-state index < -0.39 is 5.60 Å². The number of hydrogen-bond donors (Lipinski definition) is 1. The average molecular weight is 99.2 g/mol. The molecule has 1 unspecified atom stereocenters. The van der Waals surface area contributed by atoms with Crippen LogP contribution in [0.1, 0.15) is 26.2 Å². The predicted molar refractivity (Wildman–Crippen MR) is 28.8 cm³/mol. The first kappa shape index (κ1) is 5.10. The highest BCUT2D eigenvalue weighted by molar-refractivity contribution is 4.94. The van der Waals surface area contributed by atoms with E-state index in [9.17, 15) is 0 Å². The molecule has 41 valence electrons. The van der Waals surface area contributed by atoms with Crippen LogP contribution in [0.2, 0.25) is 0 Å². The second-order valence-electron chi connectivity index (χ2n) is 2.45. The molecular weight excluding hydrogens is 88.1 g/mol. The molecule has 1 aliphatic carbocycles. The predicted octanol–water partition coefficient (Wildman–Crippen LogP) is 1.13. The van der Waals surface area contributed by atoms with Gasteiger partial charge in [-0.05, 0) is 26.2 Å². The quantitative estimate of drug-likeness (QED) is 0.482. The minimum atomic E-state index is -0.431. The van der Waals surface area contributed by atoms with Crippen LogP contribution in [-0.2, 0) is 0 Å². The van der Waals surface area contributed by atoms with Gasteiger partial charge in [0.05, 0.1) is 5.60 Å². The van der Waals surface area contributed by atoms with Crippen molar-refractivity contribution in [2.24, 2.45) is 0 Å². The van der Waals surface area contributed by atoms with E-state index >= 15 is 0 Å². The van der Waals surface area contributed by atoms with Crippen molar-refractivity contribution in [3.63, 3.8) is 0 Å². The smallest absolute Gasteiger partial charge is 0.0651 e. The zero-order chi connectivity index (χ0) is 5.33. The molecule has 0 amide bonds. The van der Waals surface area contributed by atoms with Crippen LogP contribution in [0.5, 0.6) is 0 Å². The molecule has 0 aromatic heterocycles.